The Labute approximate surface area is 169 Å². The highest BCUT2D eigenvalue weighted by molar-refractivity contribution is 6.10. The van der Waals surface area contributed by atoms with Crippen molar-refractivity contribution < 1.29 is 14.4 Å². The standard InChI is InChI=1S/C22H24N4O3/c1-22-11-9-20(28)26(22)18-8-4-3-7-17(18)21(29)25(22)13-10-19(27)24(2)15-16-6-5-12-23-14-16/h3-8,12,14H,9-11,13,15H2,1-2H3. The van der Waals surface area contributed by atoms with E-state index < -0.39 is 5.66 Å². The number of nitrogens with zero attached hydrogens (tertiary/aromatic N) is 4. The van der Waals surface area contributed by atoms with Crippen LogP contribution in [-0.4, -0.2) is 51.8 Å². The van der Waals surface area contributed by atoms with Crippen LogP contribution >= 0.6 is 0 Å². The molecule has 1 saturated heterocycles. The van der Waals surface area contributed by atoms with Crippen LogP contribution in [0.5, 0.6) is 0 Å². The second-order valence-electron chi connectivity index (χ2n) is 7.78. The molecular weight excluding hydrogens is 368 g/mol. The minimum absolute atomic E-state index is 0.0115. The molecule has 7 nitrogen and oxygen atoms in total. The Kier molecular flexibility index (Phi) is 4.82. The SMILES string of the molecule is CN(Cc1cccnc1)C(=O)CCN1C(=O)c2ccccc2N2C(=O)CCC12C. The summed E-state index contributed by atoms with van der Waals surface area (Å²) in [6.45, 7) is 2.64. The Bertz CT molecular complexity index is 962. The molecule has 1 atom stereocenters. The highest BCUT2D eigenvalue weighted by atomic mass is 16.2. The predicted molar refractivity (Wildman–Crippen MR) is 108 cm³/mol. The number of para-hydroxylation sites is 1. The highest BCUT2D eigenvalue weighted by Gasteiger charge is 2.52. The van der Waals surface area contributed by atoms with Crippen molar-refractivity contribution in [2.45, 2.75) is 38.4 Å². The fraction of sp³-hybridized carbons (Fsp3) is 0.364. The Morgan fingerprint density at radius 3 is 2.76 bits per heavy atom. The summed E-state index contributed by atoms with van der Waals surface area (Å²) in [5, 5.41) is 0. The topological polar surface area (TPSA) is 73.8 Å². The number of hydrogen-bond acceptors (Lipinski definition) is 4. The lowest BCUT2D eigenvalue weighted by Gasteiger charge is -2.48. The lowest BCUT2D eigenvalue weighted by Crippen LogP contribution is -2.62. The monoisotopic (exact) mass is 392 g/mol. The number of anilines is 1. The number of benzene rings is 1. The first-order valence-electron chi connectivity index (χ1n) is 9.79. The normalized spacial score (nSPS) is 20.5. The number of carbonyl (C=O) groups is 3. The first-order valence-corrected chi connectivity index (χ1v) is 9.79. The van der Waals surface area contributed by atoms with E-state index in [2.05, 4.69) is 4.98 Å². The van der Waals surface area contributed by atoms with Crippen molar-refractivity contribution in [1.29, 1.82) is 0 Å². The minimum atomic E-state index is -0.731. The van der Waals surface area contributed by atoms with Crippen molar-refractivity contribution in [3.05, 3.63) is 59.9 Å². The molecule has 1 aromatic heterocycles. The summed E-state index contributed by atoms with van der Waals surface area (Å²) in [5.74, 6) is -0.172. The van der Waals surface area contributed by atoms with Gasteiger partial charge in [0.1, 0.15) is 5.66 Å². The van der Waals surface area contributed by atoms with Gasteiger partial charge in [-0.3, -0.25) is 24.3 Å². The zero-order chi connectivity index (χ0) is 20.6. The van der Waals surface area contributed by atoms with Crippen LogP contribution in [0.1, 0.15) is 42.1 Å². The van der Waals surface area contributed by atoms with E-state index in [0.717, 1.165) is 5.56 Å². The number of carbonyl (C=O) groups excluding carboxylic acids is 3. The summed E-state index contributed by atoms with van der Waals surface area (Å²) in [7, 11) is 1.75. The number of hydrogen-bond donors (Lipinski definition) is 0. The molecule has 0 bridgehead atoms. The molecule has 2 aliphatic heterocycles. The first-order chi connectivity index (χ1) is 13.9. The number of rotatable bonds is 5. The summed E-state index contributed by atoms with van der Waals surface area (Å²) in [6.07, 6.45) is 4.58. The molecular formula is C22H24N4O3. The van der Waals surface area contributed by atoms with Gasteiger partial charge in [-0.05, 0) is 37.1 Å². The molecule has 4 rings (SSSR count). The van der Waals surface area contributed by atoms with Crippen molar-refractivity contribution in [3.8, 4) is 0 Å². The summed E-state index contributed by atoms with van der Waals surface area (Å²) in [5.41, 5.74) is 1.39. The molecule has 0 saturated carbocycles. The molecule has 3 heterocycles. The summed E-state index contributed by atoms with van der Waals surface area (Å²) < 4.78 is 0. The average Bonchev–Trinajstić information content (AvgIpc) is 3.03. The molecule has 2 aromatic rings. The first kappa shape index (κ1) is 19.1. The van der Waals surface area contributed by atoms with Crippen LogP contribution in [0.4, 0.5) is 5.69 Å². The molecule has 150 valence electrons. The molecule has 1 fully saturated rings. The molecule has 7 heteroatoms. The van der Waals surface area contributed by atoms with Crippen molar-refractivity contribution in [2.24, 2.45) is 0 Å². The average molecular weight is 392 g/mol. The van der Waals surface area contributed by atoms with Crippen LogP contribution in [0.2, 0.25) is 0 Å². The van der Waals surface area contributed by atoms with E-state index in [9.17, 15) is 14.4 Å². The lowest BCUT2D eigenvalue weighted by atomic mass is 9.98. The molecule has 1 unspecified atom stereocenters. The molecule has 0 N–H and O–H groups in total. The quantitative estimate of drug-likeness (QED) is 0.783. The third-order valence-electron chi connectivity index (χ3n) is 5.86. The Morgan fingerprint density at radius 1 is 1.21 bits per heavy atom. The van der Waals surface area contributed by atoms with Gasteiger partial charge in [0.2, 0.25) is 11.8 Å². The van der Waals surface area contributed by atoms with Crippen molar-refractivity contribution in [2.75, 3.05) is 18.5 Å². The van der Waals surface area contributed by atoms with Crippen molar-refractivity contribution in [3.63, 3.8) is 0 Å². The molecule has 0 radical (unpaired) electrons. The maximum absolute atomic E-state index is 13.2. The fourth-order valence-electron chi connectivity index (χ4n) is 4.29. The van der Waals surface area contributed by atoms with Gasteiger partial charge in [-0.25, -0.2) is 0 Å². The van der Waals surface area contributed by atoms with Crippen LogP contribution < -0.4 is 4.90 Å². The number of amides is 3. The van der Waals surface area contributed by atoms with Gasteiger partial charge in [0.15, 0.2) is 0 Å². The van der Waals surface area contributed by atoms with Crippen LogP contribution in [0.25, 0.3) is 0 Å². The maximum atomic E-state index is 13.2. The van der Waals surface area contributed by atoms with Gasteiger partial charge in [-0.15, -0.1) is 0 Å². The molecule has 0 spiro atoms. The molecule has 1 aromatic carbocycles. The maximum Gasteiger partial charge on any atom is 0.257 e. The largest absolute Gasteiger partial charge is 0.341 e. The van der Waals surface area contributed by atoms with Crippen molar-refractivity contribution in [1.82, 2.24) is 14.8 Å². The Morgan fingerprint density at radius 2 is 2.00 bits per heavy atom. The minimum Gasteiger partial charge on any atom is -0.341 e. The molecule has 29 heavy (non-hydrogen) atoms. The molecule has 0 aliphatic carbocycles. The van der Waals surface area contributed by atoms with Gasteiger partial charge in [0.25, 0.3) is 5.91 Å². The fourth-order valence-corrected chi connectivity index (χ4v) is 4.29. The van der Waals surface area contributed by atoms with E-state index in [4.69, 9.17) is 0 Å². The number of fused-ring (bicyclic) bond motifs is 3. The van der Waals surface area contributed by atoms with Gasteiger partial charge in [-0.1, -0.05) is 18.2 Å². The number of aromatic nitrogens is 1. The van der Waals surface area contributed by atoms with Crippen LogP contribution in [0.3, 0.4) is 0 Å². The highest BCUT2D eigenvalue weighted by Crippen LogP contribution is 2.43. The second-order valence-corrected chi connectivity index (χ2v) is 7.78. The van der Waals surface area contributed by atoms with E-state index in [1.165, 1.54) is 0 Å². The third-order valence-corrected chi connectivity index (χ3v) is 5.86. The van der Waals surface area contributed by atoms with Gasteiger partial charge in [0.05, 0.1) is 11.3 Å². The summed E-state index contributed by atoms with van der Waals surface area (Å²) >= 11 is 0. The molecule has 3 amide bonds. The van der Waals surface area contributed by atoms with E-state index in [1.54, 1.807) is 46.3 Å². The Hall–Kier alpha value is -3.22. The van der Waals surface area contributed by atoms with Gasteiger partial charge < -0.3 is 9.80 Å². The zero-order valence-electron chi connectivity index (χ0n) is 16.7. The van der Waals surface area contributed by atoms with Gasteiger partial charge in [0, 0.05) is 45.4 Å². The van der Waals surface area contributed by atoms with Crippen LogP contribution in [0, 0.1) is 0 Å². The zero-order valence-corrected chi connectivity index (χ0v) is 16.7. The van der Waals surface area contributed by atoms with Crippen molar-refractivity contribution >= 4 is 23.4 Å². The third kappa shape index (κ3) is 3.26. The smallest absolute Gasteiger partial charge is 0.257 e. The van der Waals surface area contributed by atoms with Gasteiger partial charge >= 0.3 is 0 Å². The van der Waals surface area contributed by atoms with E-state index in [1.807, 2.05) is 31.2 Å². The van der Waals surface area contributed by atoms with Crippen LogP contribution in [-0.2, 0) is 16.1 Å². The summed E-state index contributed by atoms with van der Waals surface area (Å²) in [6, 6.07) is 11.0. The second kappa shape index (κ2) is 7.31. The van der Waals surface area contributed by atoms with E-state index >= 15 is 0 Å². The molecule has 2 aliphatic rings. The Balaban J connectivity index is 1.52. The van der Waals surface area contributed by atoms with E-state index in [-0.39, 0.29) is 30.7 Å². The predicted octanol–water partition coefficient (Wildman–Crippen LogP) is 2.43. The summed E-state index contributed by atoms with van der Waals surface area (Å²) in [4.78, 5) is 47.6. The van der Waals surface area contributed by atoms with E-state index in [0.29, 0.717) is 30.6 Å². The number of pyridine rings is 1. The van der Waals surface area contributed by atoms with Crippen LogP contribution in [0.15, 0.2) is 48.8 Å². The van der Waals surface area contributed by atoms with Gasteiger partial charge in [-0.2, -0.15) is 0 Å². The lowest BCUT2D eigenvalue weighted by molar-refractivity contribution is -0.130.